The fraction of sp³-hybridized carbons (Fsp3) is 0.316. The van der Waals surface area contributed by atoms with Crippen LogP contribution < -0.4 is 0 Å². The van der Waals surface area contributed by atoms with Crippen LogP contribution in [0.3, 0.4) is 0 Å². The Hall–Kier alpha value is -3.77. The smallest absolute Gasteiger partial charge is 0.317 e. The monoisotopic (exact) mass is 435 g/mol. The molecular formula is C19H21N3O9. The number of rotatable bonds is 13. The Balaban J connectivity index is 2.37. The van der Waals surface area contributed by atoms with Crippen LogP contribution in [0.15, 0.2) is 35.1 Å². The maximum atomic E-state index is 11.1. The summed E-state index contributed by atoms with van der Waals surface area (Å²) >= 11 is 0. The van der Waals surface area contributed by atoms with Crippen molar-refractivity contribution in [1.82, 2.24) is 14.8 Å². The van der Waals surface area contributed by atoms with Gasteiger partial charge in [0, 0.05) is 18.7 Å². The average molecular weight is 435 g/mol. The van der Waals surface area contributed by atoms with Crippen molar-refractivity contribution in [3.8, 4) is 11.1 Å². The third-order valence-electron chi connectivity index (χ3n) is 3.99. The van der Waals surface area contributed by atoms with E-state index in [1.54, 1.807) is 18.2 Å². The third-order valence-corrected chi connectivity index (χ3v) is 3.99. The first-order valence-corrected chi connectivity index (χ1v) is 8.96. The summed E-state index contributed by atoms with van der Waals surface area (Å²) in [6.07, 6.45) is 2.90. The van der Waals surface area contributed by atoms with Gasteiger partial charge in [-0.05, 0) is 23.8 Å². The first kappa shape index (κ1) is 23.5. The van der Waals surface area contributed by atoms with Crippen LogP contribution in [-0.4, -0.2) is 85.3 Å². The molecule has 2 aromatic heterocycles. The molecule has 2 heterocycles. The van der Waals surface area contributed by atoms with E-state index < -0.39 is 50.1 Å². The molecule has 0 aromatic carbocycles. The molecule has 0 saturated heterocycles. The molecule has 0 aliphatic carbocycles. The first-order chi connectivity index (χ1) is 14.6. The summed E-state index contributed by atoms with van der Waals surface area (Å²) in [5, 5.41) is 36.1. The maximum absolute atomic E-state index is 11.1. The molecule has 0 unspecified atom stereocenters. The van der Waals surface area contributed by atoms with Crippen molar-refractivity contribution in [2.45, 2.75) is 13.1 Å². The first-order valence-electron chi connectivity index (χ1n) is 8.96. The van der Waals surface area contributed by atoms with Crippen LogP contribution in [0.4, 0.5) is 0 Å². The van der Waals surface area contributed by atoms with E-state index >= 15 is 0 Å². The Morgan fingerprint density at radius 3 is 1.48 bits per heavy atom. The van der Waals surface area contributed by atoms with Crippen LogP contribution in [0.5, 0.6) is 0 Å². The second kappa shape index (κ2) is 10.8. The number of aromatic nitrogens is 1. The topological polar surface area (TPSA) is 182 Å². The third kappa shape index (κ3) is 8.24. The fourth-order valence-corrected chi connectivity index (χ4v) is 2.97. The van der Waals surface area contributed by atoms with Gasteiger partial charge in [-0.3, -0.25) is 34.0 Å². The number of nitrogens with zero attached hydrogens (tertiary/aromatic N) is 3. The highest BCUT2D eigenvalue weighted by Crippen LogP contribution is 2.23. The lowest BCUT2D eigenvalue weighted by molar-refractivity contribution is -0.144. The minimum absolute atomic E-state index is 0.102. The van der Waals surface area contributed by atoms with E-state index in [2.05, 4.69) is 4.98 Å². The van der Waals surface area contributed by atoms with Crippen LogP contribution in [0, 0.1) is 0 Å². The van der Waals surface area contributed by atoms with Gasteiger partial charge in [-0.1, -0.05) is 0 Å². The van der Waals surface area contributed by atoms with E-state index in [4.69, 9.17) is 24.8 Å². The molecule has 0 fully saturated rings. The molecule has 166 valence electrons. The van der Waals surface area contributed by atoms with Gasteiger partial charge in [-0.25, -0.2) is 0 Å². The van der Waals surface area contributed by atoms with Gasteiger partial charge in [-0.15, -0.1) is 0 Å². The number of carboxylic acid groups (broad SMARTS) is 4. The molecule has 0 aliphatic heterocycles. The van der Waals surface area contributed by atoms with E-state index in [-0.39, 0.29) is 13.1 Å². The molecule has 0 spiro atoms. The number of carboxylic acids is 4. The van der Waals surface area contributed by atoms with Crippen LogP contribution >= 0.6 is 0 Å². The predicted molar refractivity (Wildman–Crippen MR) is 103 cm³/mol. The molecule has 0 radical (unpaired) electrons. The Morgan fingerprint density at radius 2 is 1.16 bits per heavy atom. The molecule has 0 amide bonds. The summed E-state index contributed by atoms with van der Waals surface area (Å²) in [5.41, 5.74) is 1.95. The van der Waals surface area contributed by atoms with Gasteiger partial charge in [0.15, 0.2) is 0 Å². The summed E-state index contributed by atoms with van der Waals surface area (Å²) in [4.78, 5) is 51.0. The van der Waals surface area contributed by atoms with Gasteiger partial charge in [0.25, 0.3) is 0 Å². The SMILES string of the molecule is O=C(O)CN(CC(=O)O)Cc1cc(-c2ccoc2)cc(CN(CC(=O)O)CC(=O)O)n1. The number of aliphatic carboxylic acids is 4. The number of hydrogen-bond acceptors (Lipinski definition) is 8. The van der Waals surface area contributed by atoms with E-state index in [9.17, 15) is 19.2 Å². The predicted octanol–water partition coefficient (Wildman–Crippen LogP) is 0.284. The minimum atomic E-state index is -1.21. The van der Waals surface area contributed by atoms with E-state index in [1.807, 2.05) is 0 Å². The normalized spacial score (nSPS) is 11.0. The zero-order valence-electron chi connectivity index (χ0n) is 16.3. The Kier molecular flexibility index (Phi) is 8.23. The van der Waals surface area contributed by atoms with Crippen LogP contribution in [0.25, 0.3) is 11.1 Å². The Labute approximate surface area is 175 Å². The average Bonchev–Trinajstić information content (AvgIpc) is 3.13. The minimum Gasteiger partial charge on any atom is -0.480 e. The molecule has 0 bridgehead atoms. The number of carbonyl (C=O) groups is 4. The molecule has 12 nitrogen and oxygen atoms in total. The lowest BCUT2D eigenvalue weighted by Gasteiger charge is -2.20. The van der Waals surface area contributed by atoms with Crippen molar-refractivity contribution >= 4 is 23.9 Å². The van der Waals surface area contributed by atoms with Gasteiger partial charge in [0.1, 0.15) is 0 Å². The molecular weight excluding hydrogens is 414 g/mol. The van der Waals surface area contributed by atoms with E-state index in [0.717, 1.165) is 0 Å². The van der Waals surface area contributed by atoms with Gasteiger partial charge in [0.05, 0.1) is 50.1 Å². The zero-order valence-corrected chi connectivity index (χ0v) is 16.3. The Bertz CT molecular complexity index is 855. The summed E-state index contributed by atoms with van der Waals surface area (Å²) in [5.74, 6) is -4.83. The van der Waals surface area contributed by atoms with E-state index in [0.29, 0.717) is 22.5 Å². The van der Waals surface area contributed by atoms with Crippen molar-refractivity contribution in [2.75, 3.05) is 26.2 Å². The molecule has 0 aliphatic rings. The highest BCUT2D eigenvalue weighted by molar-refractivity contribution is 5.73. The Morgan fingerprint density at radius 1 is 0.742 bits per heavy atom. The summed E-state index contributed by atoms with van der Waals surface area (Å²) in [7, 11) is 0. The van der Waals surface area contributed by atoms with Crippen LogP contribution in [0.2, 0.25) is 0 Å². The highest BCUT2D eigenvalue weighted by atomic mass is 16.4. The van der Waals surface area contributed by atoms with Gasteiger partial charge < -0.3 is 24.8 Å². The lowest BCUT2D eigenvalue weighted by atomic mass is 10.1. The fourth-order valence-electron chi connectivity index (χ4n) is 2.97. The molecule has 0 saturated carbocycles. The van der Waals surface area contributed by atoms with Crippen LogP contribution in [-0.2, 0) is 32.3 Å². The highest BCUT2D eigenvalue weighted by Gasteiger charge is 2.18. The largest absolute Gasteiger partial charge is 0.480 e. The molecule has 2 aromatic rings. The number of furan rings is 1. The molecule has 31 heavy (non-hydrogen) atoms. The standard InChI is InChI=1S/C19H21N3O9/c23-16(24)7-21(8-17(25)26)5-14-3-13(12-1-2-31-11-12)4-15(20-14)6-22(9-18(27)28)10-19(29)30/h1-4,11H,5-10H2,(H,23,24)(H,25,26)(H,27,28)(H,29,30). The van der Waals surface area contributed by atoms with Gasteiger partial charge >= 0.3 is 23.9 Å². The second-order valence-electron chi connectivity index (χ2n) is 6.72. The summed E-state index contributed by atoms with van der Waals surface area (Å²) in [6, 6.07) is 4.93. The van der Waals surface area contributed by atoms with Gasteiger partial charge in [-0.2, -0.15) is 0 Å². The van der Waals surface area contributed by atoms with Crippen molar-refractivity contribution in [2.24, 2.45) is 0 Å². The lowest BCUT2D eigenvalue weighted by Crippen LogP contribution is -2.35. The van der Waals surface area contributed by atoms with Crippen molar-refractivity contribution in [1.29, 1.82) is 0 Å². The summed E-state index contributed by atoms with van der Waals surface area (Å²) < 4.78 is 5.07. The molecule has 2 rings (SSSR count). The number of hydrogen-bond donors (Lipinski definition) is 4. The van der Waals surface area contributed by atoms with Gasteiger partial charge in [0.2, 0.25) is 0 Å². The van der Waals surface area contributed by atoms with Crippen molar-refractivity contribution in [3.63, 3.8) is 0 Å². The second-order valence-corrected chi connectivity index (χ2v) is 6.72. The maximum Gasteiger partial charge on any atom is 0.317 e. The van der Waals surface area contributed by atoms with Crippen molar-refractivity contribution < 1.29 is 44.0 Å². The summed E-state index contributed by atoms with van der Waals surface area (Å²) in [6.45, 7) is -2.30. The quantitative estimate of drug-likeness (QED) is 0.338. The molecule has 12 heteroatoms. The molecule has 4 N–H and O–H groups in total. The van der Waals surface area contributed by atoms with E-state index in [1.165, 1.54) is 22.3 Å². The van der Waals surface area contributed by atoms with Crippen LogP contribution in [0.1, 0.15) is 11.4 Å². The zero-order chi connectivity index (χ0) is 23.0. The molecule has 0 atom stereocenters. The van der Waals surface area contributed by atoms with Crippen molar-refractivity contribution in [3.05, 3.63) is 42.1 Å². The number of pyridine rings is 1.